The molecule has 0 amide bonds. The van der Waals surface area contributed by atoms with Crippen LogP contribution in [0.1, 0.15) is 28.0 Å². The summed E-state index contributed by atoms with van der Waals surface area (Å²) in [6.45, 7) is 1.58. The maximum absolute atomic E-state index is 12.7. The molecule has 0 aliphatic heterocycles. The molecule has 0 aromatic carbocycles. The maximum atomic E-state index is 12.7. The van der Waals surface area contributed by atoms with Gasteiger partial charge in [-0.05, 0) is 25.5 Å². The Kier molecular flexibility index (Phi) is 4.87. The summed E-state index contributed by atoms with van der Waals surface area (Å²) >= 11 is 0. The van der Waals surface area contributed by atoms with E-state index in [1.165, 1.54) is 13.0 Å². The van der Waals surface area contributed by atoms with Gasteiger partial charge < -0.3 is 4.98 Å². The minimum Gasteiger partial charge on any atom is -0.326 e. The van der Waals surface area contributed by atoms with Gasteiger partial charge in [0.05, 0.1) is 5.56 Å². The number of alkyl halides is 3. The second-order valence-electron chi connectivity index (χ2n) is 4.72. The van der Waals surface area contributed by atoms with E-state index in [9.17, 15) is 32.9 Å². The Bertz CT molecular complexity index is 622. The van der Waals surface area contributed by atoms with E-state index in [-0.39, 0.29) is 5.56 Å². The second kappa shape index (κ2) is 6.06. The molecule has 0 saturated heterocycles. The summed E-state index contributed by atoms with van der Waals surface area (Å²) in [6.07, 6.45) is -6.01. The molecule has 0 radical (unpaired) electrons. The molecule has 0 aliphatic rings. The van der Waals surface area contributed by atoms with Crippen LogP contribution < -0.4 is 5.56 Å². The molecule has 0 aliphatic carbocycles. The minimum atomic E-state index is -4.88. The van der Waals surface area contributed by atoms with Gasteiger partial charge in [-0.3, -0.25) is 19.7 Å². The summed E-state index contributed by atoms with van der Waals surface area (Å²) in [5.41, 5.74) is -0.479. The van der Waals surface area contributed by atoms with Crippen LogP contribution >= 0.6 is 0 Å². The van der Waals surface area contributed by atoms with Crippen LogP contribution in [0.25, 0.3) is 0 Å². The predicted molar refractivity (Wildman–Crippen MR) is 66.9 cm³/mol. The number of nitro groups is 1. The van der Waals surface area contributed by atoms with Gasteiger partial charge in [0.25, 0.3) is 5.56 Å². The van der Waals surface area contributed by atoms with Crippen LogP contribution in [0.15, 0.2) is 10.9 Å². The van der Waals surface area contributed by atoms with Gasteiger partial charge in [-0.15, -0.1) is 0 Å². The van der Waals surface area contributed by atoms with Crippen molar-refractivity contribution in [3.8, 4) is 0 Å². The zero-order valence-corrected chi connectivity index (χ0v) is 11.3. The number of rotatable bonds is 5. The van der Waals surface area contributed by atoms with E-state index in [1.54, 1.807) is 6.92 Å². The number of pyridine rings is 1. The lowest BCUT2D eigenvalue weighted by molar-refractivity contribution is -0.497. The molecule has 1 rings (SSSR count). The van der Waals surface area contributed by atoms with Crippen molar-refractivity contribution in [2.45, 2.75) is 26.4 Å². The van der Waals surface area contributed by atoms with Crippen LogP contribution in [0.5, 0.6) is 0 Å². The van der Waals surface area contributed by atoms with E-state index in [4.69, 9.17) is 0 Å². The fraction of sp³-hybridized carbons (Fsp3) is 0.500. The molecule has 1 aromatic rings. The molecule has 0 fully saturated rings. The molecule has 9 heteroatoms. The topological polar surface area (TPSA) is 93.1 Å². The SMILES string of the molecule is Cc1cc(C)c(C(=O)CC(C[N+](=O)[O-])C(F)(F)F)c(=O)[nH]1. The Morgan fingerprint density at radius 3 is 2.43 bits per heavy atom. The van der Waals surface area contributed by atoms with E-state index in [2.05, 4.69) is 4.98 Å². The van der Waals surface area contributed by atoms with Crippen LogP contribution in [0.3, 0.4) is 0 Å². The highest BCUT2D eigenvalue weighted by Crippen LogP contribution is 2.30. The van der Waals surface area contributed by atoms with Crippen molar-refractivity contribution in [1.29, 1.82) is 0 Å². The van der Waals surface area contributed by atoms with Crippen molar-refractivity contribution in [3.05, 3.63) is 43.4 Å². The number of H-pyrrole nitrogens is 1. The summed E-state index contributed by atoms with van der Waals surface area (Å²) in [4.78, 5) is 35.0. The highest BCUT2D eigenvalue weighted by Gasteiger charge is 2.44. The van der Waals surface area contributed by atoms with E-state index in [0.717, 1.165) is 0 Å². The van der Waals surface area contributed by atoms with Crippen LogP contribution in [0, 0.1) is 29.9 Å². The average molecular weight is 306 g/mol. The molecule has 6 nitrogen and oxygen atoms in total. The molecule has 1 heterocycles. The molecule has 116 valence electrons. The van der Waals surface area contributed by atoms with E-state index < -0.39 is 46.9 Å². The quantitative estimate of drug-likeness (QED) is 0.511. The van der Waals surface area contributed by atoms with Gasteiger partial charge >= 0.3 is 6.18 Å². The van der Waals surface area contributed by atoms with Crippen molar-refractivity contribution < 1.29 is 22.9 Å². The number of halogens is 3. The Balaban J connectivity index is 3.09. The van der Waals surface area contributed by atoms with Gasteiger partial charge in [0.2, 0.25) is 6.54 Å². The minimum absolute atomic E-state index is 0.239. The number of nitrogens with one attached hydrogen (secondary N) is 1. The number of aryl methyl sites for hydroxylation is 2. The number of carbonyl (C=O) groups excluding carboxylic acids is 1. The molecule has 0 spiro atoms. The first-order valence-electron chi connectivity index (χ1n) is 5.94. The van der Waals surface area contributed by atoms with Gasteiger partial charge in [-0.1, -0.05) is 0 Å². The molecule has 1 N–H and O–H groups in total. The third-order valence-electron chi connectivity index (χ3n) is 2.91. The molecule has 0 saturated carbocycles. The predicted octanol–water partition coefficient (Wildman–Crippen LogP) is 2.02. The number of aromatic amines is 1. The van der Waals surface area contributed by atoms with E-state index in [0.29, 0.717) is 5.69 Å². The van der Waals surface area contributed by atoms with Crippen molar-refractivity contribution in [2.24, 2.45) is 5.92 Å². The van der Waals surface area contributed by atoms with Crippen molar-refractivity contribution >= 4 is 5.78 Å². The summed E-state index contributed by atoms with van der Waals surface area (Å²) in [5, 5.41) is 10.3. The Morgan fingerprint density at radius 2 is 2.00 bits per heavy atom. The number of ketones is 1. The summed E-state index contributed by atoms with van der Waals surface area (Å²) in [6, 6.07) is 1.45. The number of aromatic nitrogens is 1. The molecule has 0 bridgehead atoms. The second-order valence-corrected chi connectivity index (χ2v) is 4.72. The van der Waals surface area contributed by atoms with Gasteiger partial charge in [0.15, 0.2) is 5.78 Å². The summed E-state index contributed by atoms with van der Waals surface area (Å²) < 4.78 is 38.0. The molecule has 1 unspecified atom stereocenters. The lowest BCUT2D eigenvalue weighted by Gasteiger charge is -2.16. The van der Waals surface area contributed by atoms with Gasteiger partial charge in [-0.2, -0.15) is 13.2 Å². The molecule has 1 atom stereocenters. The molecular weight excluding hydrogens is 293 g/mol. The number of carbonyl (C=O) groups is 1. The number of nitrogens with zero attached hydrogens (tertiary/aromatic N) is 1. The highest BCUT2D eigenvalue weighted by atomic mass is 19.4. The normalized spacial score (nSPS) is 13.0. The van der Waals surface area contributed by atoms with Gasteiger partial charge in [-0.25, -0.2) is 0 Å². The largest absolute Gasteiger partial charge is 0.398 e. The number of hydrogen-bond acceptors (Lipinski definition) is 4. The summed E-state index contributed by atoms with van der Waals surface area (Å²) in [5.74, 6) is -3.47. The van der Waals surface area contributed by atoms with E-state index >= 15 is 0 Å². The summed E-state index contributed by atoms with van der Waals surface area (Å²) in [7, 11) is 0. The standard InChI is InChI=1S/C12H13F3N2O4/c1-6-3-7(2)16-11(19)10(6)9(18)4-8(5-17(20)21)12(13,14)15/h3,8H,4-5H2,1-2H3,(H,16,19). The van der Waals surface area contributed by atoms with Crippen LogP contribution in [-0.2, 0) is 0 Å². The van der Waals surface area contributed by atoms with Crippen molar-refractivity contribution in [2.75, 3.05) is 6.54 Å². The molecular formula is C12H13F3N2O4. The monoisotopic (exact) mass is 306 g/mol. The third kappa shape index (κ3) is 4.40. The first-order valence-corrected chi connectivity index (χ1v) is 5.94. The first-order chi connectivity index (χ1) is 9.52. The fourth-order valence-electron chi connectivity index (χ4n) is 1.99. The molecule has 21 heavy (non-hydrogen) atoms. The van der Waals surface area contributed by atoms with Crippen molar-refractivity contribution in [1.82, 2.24) is 4.98 Å². The zero-order chi connectivity index (χ0) is 16.4. The van der Waals surface area contributed by atoms with Crippen molar-refractivity contribution in [3.63, 3.8) is 0 Å². The van der Waals surface area contributed by atoms with E-state index in [1.807, 2.05) is 0 Å². The lowest BCUT2D eigenvalue weighted by atomic mass is 9.96. The smallest absolute Gasteiger partial charge is 0.326 e. The first kappa shape index (κ1) is 16.9. The number of hydrogen-bond donors (Lipinski definition) is 1. The fourth-order valence-corrected chi connectivity index (χ4v) is 1.99. The van der Waals surface area contributed by atoms with Crippen LogP contribution in [0.4, 0.5) is 13.2 Å². The lowest BCUT2D eigenvalue weighted by Crippen LogP contribution is -2.33. The maximum Gasteiger partial charge on any atom is 0.398 e. The van der Waals surface area contributed by atoms with Gasteiger partial charge in [0.1, 0.15) is 5.92 Å². The van der Waals surface area contributed by atoms with Crippen LogP contribution in [0.2, 0.25) is 0 Å². The third-order valence-corrected chi connectivity index (χ3v) is 2.91. The zero-order valence-electron chi connectivity index (χ0n) is 11.3. The average Bonchev–Trinajstić information content (AvgIpc) is 2.24. The van der Waals surface area contributed by atoms with Crippen LogP contribution in [-0.4, -0.2) is 28.4 Å². The highest BCUT2D eigenvalue weighted by molar-refractivity contribution is 5.97. The molecule has 1 aromatic heterocycles. The Hall–Kier alpha value is -2.19. The Morgan fingerprint density at radius 1 is 1.43 bits per heavy atom. The number of Topliss-reactive ketones (excluding diaryl/α,β-unsaturated/α-hetero) is 1. The Labute approximate surface area is 117 Å². The van der Waals surface area contributed by atoms with Gasteiger partial charge in [0, 0.05) is 17.0 Å².